The van der Waals surface area contributed by atoms with Crippen LogP contribution in [0.4, 0.5) is 0 Å². The molecule has 4 heteroatoms. The summed E-state index contributed by atoms with van der Waals surface area (Å²) < 4.78 is -0.917. The zero-order chi connectivity index (χ0) is 11.1. The maximum Gasteiger partial charge on any atom is 0.303 e. The number of carboxylic acid groups (broad SMARTS) is 1. The summed E-state index contributed by atoms with van der Waals surface area (Å²) in [5.74, 6) is -1.09. The average molecular weight is 245 g/mol. The highest BCUT2D eigenvalue weighted by molar-refractivity contribution is 6.52. The molecule has 1 aliphatic rings. The Bertz CT molecular complexity index is 375. The number of aliphatic carboxylic acids is 1. The first-order chi connectivity index (χ1) is 7.03. The van der Waals surface area contributed by atoms with Crippen LogP contribution in [0, 0.1) is 5.92 Å². The van der Waals surface area contributed by atoms with Gasteiger partial charge < -0.3 is 5.11 Å². The van der Waals surface area contributed by atoms with E-state index in [1.807, 2.05) is 30.3 Å². The minimum atomic E-state index is -0.917. The van der Waals surface area contributed by atoms with Crippen molar-refractivity contribution in [2.45, 2.75) is 16.7 Å². The quantitative estimate of drug-likeness (QED) is 0.831. The van der Waals surface area contributed by atoms with E-state index in [2.05, 4.69) is 0 Å². The molecule has 0 spiro atoms. The highest BCUT2D eigenvalue weighted by Gasteiger charge is 2.64. The molecule has 1 saturated carbocycles. The van der Waals surface area contributed by atoms with E-state index in [-0.39, 0.29) is 18.3 Å². The molecule has 80 valence electrons. The van der Waals surface area contributed by atoms with Crippen LogP contribution in [0.3, 0.4) is 0 Å². The molecule has 0 amide bonds. The lowest BCUT2D eigenvalue weighted by Gasteiger charge is -1.98. The monoisotopic (exact) mass is 244 g/mol. The average Bonchev–Trinajstić information content (AvgIpc) is 2.68. The third kappa shape index (κ3) is 1.97. The molecule has 2 rings (SSSR count). The van der Waals surface area contributed by atoms with E-state index in [1.54, 1.807) is 0 Å². The molecule has 1 aliphatic carbocycles. The summed E-state index contributed by atoms with van der Waals surface area (Å²) in [5, 5.41) is 8.70. The SMILES string of the molecule is O=C(O)CC1C(c2ccccc2)C1(Cl)Cl. The molecular formula is C11H10Cl2O2. The van der Waals surface area contributed by atoms with Crippen molar-refractivity contribution in [1.29, 1.82) is 0 Å². The number of hydrogen-bond donors (Lipinski definition) is 1. The number of carboxylic acids is 1. The molecule has 0 bridgehead atoms. The van der Waals surface area contributed by atoms with Gasteiger partial charge in [-0.25, -0.2) is 0 Å². The lowest BCUT2D eigenvalue weighted by molar-refractivity contribution is -0.137. The first-order valence-electron chi connectivity index (χ1n) is 4.68. The molecule has 1 aromatic carbocycles. The van der Waals surface area contributed by atoms with Crippen molar-refractivity contribution in [3.05, 3.63) is 35.9 Å². The van der Waals surface area contributed by atoms with E-state index < -0.39 is 10.3 Å². The number of halogens is 2. The zero-order valence-electron chi connectivity index (χ0n) is 7.86. The Hall–Kier alpha value is -0.730. The summed E-state index contributed by atoms with van der Waals surface area (Å²) in [5.41, 5.74) is 1.01. The van der Waals surface area contributed by atoms with Crippen molar-refractivity contribution in [3.8, 4) is 0 Å². The maximum atomic E-state index is 10.6. The zero-order valence-corrected chi connectivity index (χ0v) is 9.37. The Morgan fingerprint density at radius 1 is 1.33 bits per heavy atom. The second-order valence-corrected chi connectivity index (χ2v) is 5.21. The van der Waals surface area contributed by atoms with Crippen LogP contribution in [-0.4, -0.2) is 15.4 Å². The first kappa shape index (κ1) is 10.8. The van der Waals surface area contributed by atoms with Crippen LogP contribution in [0.15, 0.2) is 30.3 Å². The molecule has 1 N–H and O–H groups in total. The molecule has 2 unspecified atom stereocenters. The highest BCUT2D eigenvalue weighted by atomic mass is 35.5. The lowest BCUT2D eigenvalue weighted by atomic mass is 10.1. The van der Waals surface area contributed by atoms with Crippen LogP contribution in [0.5, 0.6) is 0 Å². The van der Waals surface area contributed by atoms with E-state index in [4.69, 9.17) is 28.3 Å². The molecule has 1 aromatic rings. The summed E-state index contributed by atoms with van der Waals surface area (Å²) in [7, 11) is 0. The summed E-state index contributed by atoms with van der Waals surface area (Å²) in [6, 6.07) is 9.55. The van der Waals surface area contributed by atoms with E-state index in [1.165, 1.54) is 0 Å². The van der Waals surface area contributed by atoms with Crippen molar-refractivity contribution in [2.24, 2.45) is 5.92 Å². The maximum absolute atomic E-state index is 10.6. The van der Waals surface area contributed by atoms with Gasteiger partial charge in [0.05, 0.1) is 6.42 Å². The standard InChI is InChI=1S/C11H10Cl2O2/c12-11(13)8(6-9(14)15)10(11)7-4-2-1-3-5-7/h1-5,8,10H,6H2,(H,14,15). The van der Waals surface area contributed by atoms with Gasteiger partial charge in [-0.1, -0.05) is 30.3 Å². The predicted molar refractivity (Wildman–Crippen MR) is 59.4 cm³/mol. The lowest BCUT2D eigenvalue weighted by Crippen LogP contribution is -1.99. The summed E-state index contributed by atoms with van der Waals surface area (Å²) in [6.45, 7) is 0. The van der Waals surface area contributed by atoms with Gasteiger partial charge >= 0.3 is 5.97 Å². The number of alkyl halides is 2. The minimum absolute atomic E-state index is 0.0204. The third-order valence-corrected chi connectivity index (χ3v) is 3.79. The molecule has 0 aromatic heterocycles. The molecule has 0 heterocycles. The van der Waals surface area contributed by atoms with Crippen molar-refractivity contribution in [3.63, 3.8) is 0 Å². The van der Waals surface area contributed by atoms with Crippen LogP contribution in [0.25, 0.3) is 0 Å². The summed E-state index contributed by atoms with van der Waals surface area (Å²) in [6.07, 6.45) is 0.0204. The fourth-order valence-corrected chi connectivity index (χ4v) is 2.78. The van der Waals surface area contributed by atoms with Gasteiger partial charge in [0.2, 0.25) is 0 Å². The van der Waals surface area contributed by atoms with Crippen molar-refractivity contribution in [2.75, 3.05) is 0 Å². The Kier molecular flexibility index (Phi) is 2.65. The molecule has 0 aliphatic heterocycles. The largest absolute Gasteiger partial charge is 0.481 e. The van der Waals surface area contributed by atoms with Crippen molar-refractivity contribution < 1.29 is 9.90 Å². The van der Waals surface area contributed by atoms with E-state index in [0.717, 1.165) is 5.56 Å². The third-order valence-electron chi connectivity index (χ3n) is 2.76. The van der Waals surface area contributed by atoms with Gasteiger partial charge in [0.1, 0.15) is 4.33 Å². The number of benzene rings is 1. The number of hydrogen-bond acceptors (Lipinski definition) is 1. The smallest absolute Gasteiger partial charge is 0.303 e. The van der Waals surface area contributed by atoms with Gasteiger partial charge in [-0.2, -0.15) is 0 Å². The molecular weight excluding hydrogens is 235 g/mol. The van der Waals surface area contributed by atoms with Gasteiger partial charge in [0.25, 0.3) is 0 Å². The molecule has 0 radical (unpaired) electrons. The van der Waals surface area contributed by atoms with Crippen LogP contribution in [0.1, 0.15) is 17.9 Å². The summed E-state index contributed by atoms with van der Waals surface area (Å²) >= 11 is 12.1. The van der Waals surface area contributed by atoms with Gasteiger partial charge in [0, 0.05) is 11.8 Å². The predicted octanol–water partition coefficient (Wildman–Crippen LogP) is 3.05. The van der Waals surface area contributed by atoms with Crippen molar-refractivity contribution >= 4 is 29.2 Å². The van der Waals surface area contributed by atoms with E-state index >= 15 is 0 Å². The number of carbonyl (C=O) groups is 1. The molecule has 1 fully saturated rings. The Labute approximate surface area is 97.8 Å². The van der Waals surface area contributed by atoms with Crippen LogP contribution < -0.4 is 0 Å². The van der Waals surface area contributed by atoms with Gasteiger partial charge in [-0.05, 0) is 5.56 Å². The second-order valence-electron chi connectivity index (χ2n) is 3.77. The first-order valence-corrected chi connectivity index (χ1v) is 5.43. The molecule has 15 heavy (non-hydrogen) atoms. The molecule has 2 nitrogen and oxygen atoms in total. The Morgan fingerprint density at radius 3 is 2.47 bits per heavy atom. The van der Waals surface area contributed by atoms with Gasteiger partial charge in [-0.3, -0.25) is 4.79 Å². The fraction of sp³-hybridized carbons (Fsp3) is 0.364. The topological polar surface area (TPSA) is 37.3 Å². The van der Waals surface area contributed by atoms with Gasteiger partial charge in [-0.15, -0.1) is 23.2 Å². The number of rotatable bonds is 3. The fourth-order valence-electron chi connectivity index (χ4n) is 1.95. The highest BCUT2D eigenvalue weighted by Crippen LogP contribution is 2.66. The van der Waals surface area contributed by atoms with Gasteiger partial charge in [0.15, 0.2) is 0 Å². The van der Waals surface area contributed by atoms with Crippen molar-refractivity contribution in [1.82, 2.24) is 0 Å². The Balaban J connectivity index is 2.16. The molecule has 0 saturated heterocycles. The normalized spacial score (nSPS) is 27.3. The second kappa shape index (κ2) is 3.69. The van der Waals surface area contributed by atoms with E-state index in [0.29, 0.717) is 0 Å². The summed E-state index contributed by atoms with van der Waals surface area (Å²) in [4.78, 5) is 10.6. The van der Waals surface area contributed by atoms with Crippen LogP contribution in [0.2, 0.25) is 0 Å². The van der Waals surface area contributed by atoms with Crippen LogP contribution in [-0.2, 0) is 4.79 Å². The molecule has 2 atom stereocenters. The van der Waals surface area contributed by atoms with Crippen LogP contribution >= 0.6 is 23.2 Å². The minimum Gasteiger partial charge on any atom is -0.481 e. The Morgan fingerprint density at radius 2 is 1.93 bits per heavy atom. The van der Waals surface area contributed by atoms with E-state index in [9.17, 15) is 4.79 Å².